The van der Waals surface area contributed by atoms with Crippen molar-refractivity contribution in [3.05, 3.63) is 0 Å². The van der Waals surface area contributed by atoms with E-state index in [2.05, 4.69) is 0 Å². The topological polar surface area (TPSA) is 29.3 Å². The van der Waals surface area contributed by atoms with Gasteiger partial charge in [-0.25, -0.2) is 4.39 Å². The smallest absolute Gasteiger partial charge is 0.102 e. The molecule has 0 saturated heterocycles. The van der Waals surface area contributed by atoms with Crippen LogP contribution in [0.2, 0.25) is 0 Å². The van der Waals surface area contributed by atoms with Gasteiger partial charge in [0.2, 0.25) is 0 Å². The summed E-state index contributed by atoms with van der Waals surface area (Å²) in [6.07, 6.45) is 0.659. The van der Waals surface area contributed by atoms with Gasteiger partial charge in [0.05, 0.1) is 4.99 Å². The minimum atomic E-state index is -0.321. The number of hydrogen-bond acceptors (Lipinski definition) is 2. The van der Waals surface area contributed by atoms with Crippen molar-refractivity contribution in [1.82, 2.24) is 4.90 Å². The fourth-order valence-corrected chi connectivity index (χ4v) is 1.04. The summed E-state index contributed by atoms with van der Waals surface area (Å²) in [5, 5.41) is 0. The Morgan fingerprint density at radius 1 is 1.73 bits per heavy atom. The summed E-state index contributed by atoms with van der Waals surface area (Å²) >= 11 is 4.73. The van der Waals surface area contributed by atoms with Crippen LogP contribution in [0.1, 0.15) is 13.3 Å². The normalized spacial score (nSPS) is 13.5. The molecule has 0 heterocycles. The van der Waals surface area contributed by atoms with Crippen LogP contribution in [0.3, 0.4) is 0 Å². The van der Waals surface area contributed by atoms with Crippen LogP contribution in [-0.4, -0.2) is 36.2 Å². The molecule has 0 aliphatic rings. The molecule has 66 valence electrons. The Balaban J connectivity index is 3.63. The molecule has 0 spiro atoms. The quantitative estimate of drug-likeness (QED) is 0.636. The van der Waals surface area contributed by atoms with E-state index in [1.54, 1.807) is 0 Å². The van der Waals surface area contributed by atoms with Gasteiger partial charge in [-0.3, -0.25) is 0 Å². The molecule has 0 saturated carbocycles. The van der Waals surface area contributed by atoms with E-state index < -0.39 is 0 Å². The van der Waals surface area contributed by atoms with E-state index in [0.29, 0.717) is 18.0 Å². The van der Waals surface area contributed by atoms with Crippen molar-refractivity contribution < 1.29 is 4.39 Å². The van der Waals surface area contributed by atoms with Crippen LogP contribution in [-0.2, 0) is 0 Å². The van der Waals surface area contributed by atoms with E-state index in [1.165, 1.54) is 0 Å². The van der Waals surface area contributed by atoms with Crippen LogP contribution in [0.5, 0.6) is 0 Å². The molecule has 2 nitrogen and oxygen atoms in total. The maximum atomic E-state index is 11.8. The number of halogens is 1. The average Bonchev–Trinajstić information content (AvgIpc) is 1.86. The summed E-state index contributed by atoms with van der Waals surface area (Å²) in [7, 11) is 1.86. The van der Waals surface area contributed by atoms with E-state index >= 15 is 0 Å². The first-order valence-corrected chi connectivity index (χ1v) is 4.03. The molecule has 0 rings (SSSR count). The Kier molecular flexibility index (Phi) is 5.32. The predicted octanol–water partition coefficient (Wildman–Crippen LogP) is 0.952. The molecule has 0 amide bonds. The van der Waals surface area contributed by atoms with Gasteiger partial charge in [0.1, 0.15) is 6.67 Å². The van der Waals surface area contributed by atoms with Gasteiger partial charge >= 0.3 is 0 Å². The molecule has 0 aliphatic heterocycles. The van der Waals surface area contributed by atoms with Gasteiger partial charge in [0.15, 0.2) is 0 Å². The largest absolute Gasteiger partial charge is 0.393 e. The third-order valence-electron chi connectivity index (χ3n) is 1.69. The highest BCUT2D eigenvalue weighted by Crippen LogP contribution is 2.00. The number of thiocarbonyl (C=S) groups is 1. The van der Waals surface area contributed by atoms with Crippen molar-refractivity contribution in [3.63, 3.8) is 0 Å². The predicted molar refractivity (Wildman–Crippen MR) is 49.5 cm³/mol. The Morgan fingerprint density at radius 3 is 2.64 bits per heavy atom. The molecule has 0 aromatic carbocycles. The molecule has 0 radical (unpaired) electrons. The lowest BCUT2D eigenvalue weighted by Gasteiger charge is -2.22. The van der Waals surface area contributed by atoms with Crippen LogP contribution in [0.15, 0.2) is 0 Å². The number of alkyl halides is 1. The number of rotatable bonds is 5. The SMILES string of the molecule is CC(CC(N)=S)N(C)CCF. The Bertz CT molecular complexity index is 130. The second-order valence-electron chi connectivity index (χ2n) is 2.69. The second kappa shape index (κ2) is 5.43. The van der Waals surface area contributed by atoms with Gasteiger partial charge in [0.25, 0.3) is 0 Å². The van der Waals surface area contributed by atoms with Gasteiger partial charge in [-0.2, -0.15) is 0 Å². The van der Waals surface area contributed by atoms with Gasteiger partial charge in [-0.05, 0) is 14.0 Å². The molecule has 2 N–H and O–H groups in total. The zero-order chi connectivity index (χ0) is 8.85. The van der Waals surface area contributed by atoms with Crippen LogP contribution in [0.25, 0.3) is 0 Å². The van der Waals surface area contributed by atoms with Crippen molar-refractivity contribution in [1.29, 1.82) is 0 Å². The maximum absolute atomic E-state index is 11.8. The van der Waals surface area contributed by atoms with E-state index in [4.69, 9.17) is 18.0 Å². The summed E-state index contributed by atoms with van der Waals surface area (Å²) in [6, 6.07) is 0.239. The number of nitrogens with zero attached hydrogens (tertiary/aromatic N) is 1. The first-order chi connectivity index (χ1) is 5.07. The molecule has 1 unspecified atom stereocenters. The monoisotopic (exact) mass is 178 g/mol. The molecular formula is C7H15FN2S. The number of nitrogens with two attached hydrogens (primary N) is 1. The lowest BCUT2D eigenvalue weighted by atomic mass is 10.2. The average molecular weight is 178 g/mol. The van der Waals surface area contributed by atoms with Crippen LogP contribution in [0, 0.1) is 0 Å². The van der Waals surface area contributed by atoms with Crippen LogP contribution >= 0.6 is 12.2 Å². The zero-order valence-electron chi connectivity index (χ0n) is 7.01. The van der Waals surface area contributed by atoms with Crippen molar-refractivity contribution in [2.45, 2.75) is 19.4 Å². The summed E-state index contributed by atoms with van der Waals surface area (Å²) in [4.78, 5) is 2.39. The van der Waals surface area contributed by atoms with E-state index in [1.807, 2.05) is 18.9 Å². The maximum Gasteiger partial charge on any atom is 0.102 e. The third kappa shape index (κ3) is 5.09. The molecule has 0 fully saturated rings. The first kappa shape index (κ1) is 10.8. The highest BCUT2D eigenvalue weighted by Gasteiger charge is 2.08. The molecule has 4 heteroatoms. The zero-order valence-corrected chi connectivity index (χ0v) is 7.83. The molecular weight excluding hydrogens is 163 g/mol. The minimum Gasteiger partial charge on any atom is -0.393 e. The van der Waals surface area contributed by atoms with Gasteiger partial charge < -0.3 is 10.6 Å². The van der Waals surface area contributed by atoms with Crippen molar-refractivity contribution in [2.75, 3.05) is 20.3 Å². The third-order valence-corrected chi connectivity index (χ3v) is 1.85. The van der Waals surface area contributed by atoms with Crippen LogP contribution in [0.4, 0.5) is 4.39 Å². The second-order valence-corrected chi connectivity index (χ2v) is 3.21. The fraction of sp³-hybridized carbons (Fsp3) is 0.857. The molecule has 1 atom stereocenters. The standard InChI is InChI=1S/C7H15FN2S/c1-6(5-7(9)11)10(2)4-3-8/h6H,3-5H2,1-2H3,(H2,9,11). The lowest BCUT2D eigenvalue weighted by Crippen LogP contribution is -2.33. The molecule has 0 aromatic heterocycles. The van der Waals surface area contributed by atoms with Gasteiger partial charge in [-0.1, -0.05) is 12.2 Å². The molecule has 11 heavy (non-hydrogen) atoms. The Morgan fingerprint density at radius 2 is 2.27 bits per heavy atom. The highest BCUT2D eigenvalue weighted by molar-refractivity contribution is 7.80. The van der Waals surface area contributed by atoms with Crippen LogP contribution < -0.4 is 5.73 Å². The minimum absolute atomic E-state index is 0.239. The summed E-state index contributed by atoms with van der Waals surface area (Å²) in [5.41, 5.74) is 5.34. The van der Waals surface area contributed by atoms with E-state index in [-0.39, 0.29) is 12.7 Å². The van der Waals surface area contributed by atoms with Gasteiger partial charge in [0, 0.05) is 19.0 Å². The Hall–Kier alpha value is -0.220. The lowest BCUT2D eigenvalue weighted by molar-refractivity contribution is 0.239. The fourth-order valence-electron chi connectivity index (χ4n) is 0.801. The van der Waals surface area contributed by atoms with Crippen molar-refractivity contribution in [2.24, 2.45) is 5.73 Å². The summed E-state index contributed by atoms with van der Waals surface area (Å²) in [6.45, 7) is 2.11. The van der Waals surface area contributed by atoms with Gasteiger partial charge in [-0.15, -0.1) is 0 Å². The molecule has 0 aromatic rings. The van der Waals surface area contributed by atoms with E-state index in [9.17, 15) is 4.39 Å². The van der Waals surface area contributed by atoms with Crippen molar-refractivity contribution in [3.8, 4) is 0 Å². The summed E-state index contributed by atoms with van der Waals surface area (Å²) < 4.78 is 11.8. The highest BCUT2D eigenvalue weighted by atomic mass is 32.1. The Labute approximate surface area is 72.6 Å². The number of hydrogen-bond donors (Lipinski definition) is 1. The molecule has 0 bridgehead atoms. The van der Waals surface area contributed by atoms with Crippen molar-refractivity contribution >= 4 is 17.2 Å². The summed E-state index contributed by atoms with van der Waals surface area (Å²) in [5.74, 6) is 0. The molecule has 0 aliphatic carbocycles. The first-order valence-electron chi connectivity index (χ1n) is 3.62. The van der Waals surface area contributed by atoms with E-state index in [0.717, 1.165) is 0 Å².